The summed E-state index contributed by atoms with van der Waals surface area (Å²) in [6.45, 7) is 5.88. The van der Waals surface area contributed by atoms with Gasteiger partial charge in [0.1, 0.15) is 0 Å². The van der Waals surface area contributed by atoms with Crippen LogP contribution >= 0.6 is 0 Å². The number of hydrogen-bond acceptors (Lipinski definition) is 1. The van der Waals surface area contributed by atoms with Crippen LogP contribution in [0, 0.1) is 5.92 Å². The molecule has 0 aromatic rings. The van der Waals surface area contributed by atoms with Crippen molar-refractivity contribution in [3.63, 3.8) is 0 Å². The summed E-state index contributed by atoms with van der Waals surface area (Å²) in [5.74, 6) is 0.807. The van der Waals surface area contributed by atoms with Crippen molar-refractivity contribution in [3.8, 4) is 0 Å². The molecule has 3 nitrogen and oxygen atoms in total. The van der Waals surface area contributed by atoms with E-state index in [1.807, 2.05) is 9.80 Å². The largest absolute Gasteiger partial charge is 0.325 e. The van der Waals surface area contributed by atoms with Crippen molar-refractivity contribution in [2.75, 3.05) is 26.2 Å². The van der Waals surface area contributed by atoms with E-state index in [0.29, 0.717) is 0 Å². The molecular formula is C11H20N2O. The Kier molecular flexibility index (Phi) is 2.94. The van der Waals surface area contributed by atoms with Crippen molar-refractivity contribution in [1.82, 2.24) is 9.80 Å². The smallest absolute Gasteiger partial charge is 0.319 e. The Hall–Kier alpha value is -0.730. The van der Waals surface area contributed by atoms with Crippen LogP contribution in [0.2, 0.25) is 0 Å². The van der Waals surface area contributed by atoms with Crippen LogP contribution in [0.5, 0.6) is 0 Å². The third kappa shape index (κ3) is 2.20. The van der Waals surface area contributed by atoms with Gasteiger partial charge in [-0.25, -0.2) is 4.79 Å². The SMILES string of the molecule is CCN(CC1CC1)C(=O)N1CCCC1. The third-order valence-electron chi connectivity index (χ3n) is 3.20. The molecule has 2 rings (SSSR count). The summed E-state index contributed by atoms with van der Waals surface area (Å²) in [6, 6.07) is 0.275. The Balaban J connectivity index is 1.85. The van der Waals surface area contributed by atoms with Crippen molar-refractivity contribution in [3.05, 3.63) is 0 Å². The summed E-state index contributed by atoms with van der Waals surface area (Å²) in [6.07, 6.45) is 5.02. The van der Waals surface area contributed by atoms with E-state index in [2.05, 4.69) is 6.92 Å². The van der Waals surface area contributed by atoms with Crippen molar-refractivity contribution in [2.24, 2.45) is 5.92 Å². The molecule has 0 aromatic carbocycles. The zero-order valence-corrected chi connectivity index (χ0v) is 9.04. The lowest BCUT2D eigenvalue weighted by molar-refractivity contribution is 0.163. The highest BCUT2D eigenvalue weighted by molar-refractivity contribution is 5.74. The monoisotopic (exact) mass is 196 g/mol. The fraction of sp³-hybridized carbons (Fsp3) is 0.909. The first-order valence-corrected chi connectivity index (χ1v) is 5.85. The van der Waals surface area contributed by atoms with Gasteiger partial charge in [-0.05, 0) is 38.5 Å². The second-order valence-corrected chi connectivity index (χ2v) is 4.46. The summed E-state index contributed by atoms with van der Waals surface area (Å²) in [5.41, 5.74) is 0. The van der Waals surface area contributed by atoms with Crippen LogP contribution < -0.4 is 0 Å². The van der Waals surface area contributed by atoms with Gasteiger partial charge in [-0.1, -0.05) is 0 Å². The zero-order valence-electron chi connectivity index (χ0n) is 9.04. The summed E-state index contributed by atoms with van der Waals surface area (Å²) >= 11 is 0. The Morgan fingerprint density at radius 2 is 2.00 bits per heavy atom. The van der Waals surface area contributed by atoms with Crippen molar-refractivity contribution in [2.45, 2.75) is 32.6 Å². The lowest BCUT2D eigenvalue weighted by atomic mass is 10.4. The average molecular weight is 196 g/mol. The quantitative estimate of drug-likeness (QED) is 0.676. The van der Waals surface area contributed by atoms with E-state index in [1.165, 1.54) is 25.7 Å². The predicted octanol–water partition coefficient (Wildman–Crippen LogP) is 1.93. The molecule has 0 N–H and O–H groups in total. The first-order chi connectivity index (χ1) is 6.81. The van der Waals surface area contributed by atoms with Gasteiger partial charge in [0.05, 0.1) is 0 Å². The van der Waals surface area contributed by atoms with Gasteiger partial charge in [-0.3, -0.25) is 0 Å². The van der Waals surface area contributed by atoms with E-state index in [-0.39, 0.29) is 6.03 Å². The molecule has 3 heteroatoms. The Labute approximate surface area is 86.1 Å². The van der Waals surface area contributed by atoms with Crippen molar-refractivity contribution in [1.29, 1.82) is 0 Å². The van der Waals surface area contributed by atoms with Gasteiger partial charge >= 0.3 is 6.03 Å². The molecule has 1 heterocycles. The van der Waals surface area contributed by atoms with Crippen LogP contribution in [-0.2, 0) is 0 Å². The number of carbonyl (C=O) groups excluding carboxylic acids is 1. The molecule has 1 aliphatic carbocycles. The zero-order chi connectivity index (χ0) is 9.97. The minimum Gasteiger partial charge on any atom is -0.325 e. The predicted molar refractivity (Wildman–Crippen MR) is 56.2 cm³/mol. The fourth-order valence-corrected chi connectivity index (χ4v) is 2.06. The molecule has 1 saturated heterocycles. The van der Waals surface area contributed by atoms with E-state index in [1.54, 1.807) is 0 Å². The standard InChI is InChI=1S/C11H20N2O/c1-2-12(9-10-5-6-10)11(14)13-7-3-4-8-13/h10H,2-9H2,1H3. The summed E-state index contributed by atoms with van der Waals surface area (Å²) in [5, 5.41) is 0. The second-order valence-electron chi connectivity index (χ2n) is 4.46. The molecule has 0 radical (unpaired) electrons. The number of likely N-dealkylation sites (tertiary alicyclic amines) is 1. The lowest BCUT2D eigenvalue weighted by Crippen LogP contribution is -2.42. The summed E-state index contributed by atoms with van der Waals surface area (Å²) in [7, 11) is 0. The van der Waals surface area contributed by atoms with Gasteiger partial charge in [-0.15, -0.1) is 0 Å². The van der Waals surface area contributed by atoms with E-state index in [9.17, 15) is 4.79 Å². The molecule has 2 amide bonds. The van der Waals surface area contributed by atoms with E-state index < -0.39 is 0 Å². The van der Waals surface area contributed by atoms with Crippen LogP contribution in [0.1, 0.15) is 32.6 Å². The number of amides is 2. The fourth-order valence-electron chi connectivity index (χ4n) is 2.06. The van der Waals surface area contributed by atoms with Crippen LogP contribution in [0.25, 0.3) is 0 Å². The molecule has 2 aliphatic rings. The maximum atomic E-state index is 12.0. The van der Waals surface area contributed by atoms with Gasteiger partial charge in [0.15, 0.2) is 0 Å². The normalized spacial score (nSPS) is 21.4. The van der Waals surface area contributed by atoms with Gasteiger partial charge in [-0.2, -0.15) is 0 Å². The number of urea groups is 1. The molecule has 0 atom stereocenters. The molecule has 2 fully saturated rings. The second kappa shape index (κ2) is 4.20. The molecule has 80 valence electrons. The highest BCUT2D eigenvalue weighted by Crippen LogP contribution is 2.30. The molecule has 1 saturated carbocycles. The number of rotatable bonds is 3. The van der Waals surface area contributed by atoms with Crippen LogP contribution in [0.15, 0.2) is 0 Å². The van der Waals surface area contributed by atoms with Crippen LogP contribution in [0.4, 0.5) is 4.79 Å². The molecular weight excluding hydrogens is 176 g/mol. The third-order valence-corrected chi connectivity index (χ3v) is 3.20. The topological polar surface area (TPSA) is 23.6 Å². The molecule has 0 bridgehead atoms. The maximum absolute atomic E-state index is 12.0. The average Bonchev–Trinajstić information content (AvgIpc) is 2.84. The lowest BCUT2D eigenvalue weighted by Gasteiger charge is -2.26. The van der Waals surface area contributed by atoms with Crippen LogP contribution in [0.3, 0.4) is 0 Å². The van der Waals surface area contributed by atoms with E-state index in [4.69, 9.17) is 0 Å². The van der Waals surface area contributed by atoms with Crippen molar-refractivity contribution >= 4 is 6.03 Å². The van der Waals surface area contributed by atoms with Gasteiger partial charge in [0.25, 0.3) is 0 Å². The Bertz CT molecular complexity index is 207. The van der Waals surface area contributed by atoms with Gasteiger partial charge in [0, 0.05) is 26.2 Å². The Morgan fingerprint density at radius 3 is 2.50 bits per heavy atom. The maximum Gasteiger partial charge on any atom is 0.319 e. The highest BCUT2D eigenvalue weighted by Gasteiger charge is 2.28. The minimum atomic E-state index is 0.275. The molecule has 0 spiro atoms. The van der Waals surface area contributed by atoms with Crippen molar-refractivity contribution < 1.29 is 4.79 Å². The van der Waals surface area contributed by atoms with Crippen LogP contribution in [-0.4, -0.2) is 42.0 Å². The summed E-state index contributed by atoms with van der Waals surface area (Å²) < 4.78 is 0. The number of carbonyl (C=O) groups is 1. The first-order valence-electron chi connectivity index (χ1n) is 5.85. The van der Waals surface area contributed by atoms with E-state index in [0.717, 1.165) is 32.1 Å². The van der Waals surface area contributed by atoms with Gasteiger partial charge in [0.2, 0.25) is 0 Å². The van der Waals surface area contributed by atoms with Gasteiger partial charge < -0.3 is 9.80 Å². The molecule has 0 unspecified atom stereocenters. The molecule has 14 heavy (non-hydrogen) atoms. The first kappa shape index (κ1) is 9.81. The Morgan fingerprint density at radius 1 is 1.36 bits per heavy atom. The summed E-state index contributed by atoms with van der Waals surface area (Å²) in [4.78, 5) is 16.0. The van der Waals surface area contributed by atoms with E-state index >= 15 is 0 Å². The highest BCUT2D eigenvalue weighted by atomic mass is 16.2. The minimum absolute atomic E-state index is 0.275. The number of hydrogen-bond donors (Lipinski definition) is 0. The molecule has 0 aromatic heterocycles. The number of nitrogens with zero attached hydrogens (tertiary/aromatic N) is 2. The molecule has 1 aliphatic heterocycles.